The van der Waals surface area contributed by atoms with Crippen LogP contribution in [0.5, 0.6) is 0 Å². The summed E-state index contributed by atoms with van der Waals surface area (Å²) in [7, 11) is 0. The first kappa shape index (κ1) is 18.9. The van der Waals surface area contributed by atoms with Gasteiger partial charge in [0.05, 0.1) is 6.04 Å². The summed E-state index contributed by atoms with van der Waals surface area (Å²) < 4.78 is 0. The molecule has 2 aromatic carbocycles. The van der Waals surface area contributed by atoms with Gasteiger partial charge in [0.1, 0.15) is 0 Å². The number of amides is 1. The Bertz CT molecular complexity index is 803. The highest BCUT2D eigenvalue weighted by Gasteiger charge is 2.34. The molecule has 0 aromatic heterocycles. The normalized spacial score (nSPS) is 19.8. The second kappa shape index (κ2) is 8.21. The molecule has 3 rings (SSSR count). The fourth-order valence-corrected chi connectivity index (χ4v) is 3.72. The van der Waals surface area contributed by atoms with Gasteiger partial charge in [-0.3, -0.25) is 4.79 Å². The number of benzene rings is 2. The van der Waals surface area contributed by atoms with Crippen molar-refractivity contribution in [2.45, 2.75) is 32.7 Å². The number of allylic oxidation sites excluding steroid dienone is 2. The molecule has 0 unspecified atom stereocenters. The molecule has 27 heavy (non-hydrogen) atoms. The molecule has 1 N–H and O–H groups in total. The van der Waals surface area contributed by atoms with E-state index in [1.807, 2.05) is 74.5 Å². The van der Waals surface area contributed by atoms with E-state index < -0.39 is 17.8 Å². The lowest BCUT2D eigenvalue weighted by Gasteiger charge is -2.34. The molecule has 0 saturated carbocycles. The number of rotatable bonds is 5. The second-order valence-electron chi connectivity index (χ2n) is 7.26. The summed E-state index contributed by atoms with van der Waals surface area (Å²) in [6, 6.07) is 19.1. The van der Waals surface area contributed by atoms with Crippen LogP contribution >= 0.6 is 0 Å². The summed E-state index contributed by atoms with van der Waals surface area (Å²) in [6.07, 6.45) is 0.820. The van der Waals surface area contributed by atoms with Gasteiger partial charge in [-0.15, -0.1) is 0 Å². The Morgan fingerprint density at radius 3 is 1.74 bits per heavy atom. The van der Waals surface area contributed by atoms with Crippen molar-refractivity contribution in [3.8, 4) is 0 Å². The van der Waals surface area contributed by atoms with E-state index in [0.717, 1.165) is 22.3 Å². The van der Waals surface area contributed by atoms with Gasteiger partial charge >= 0.3 is 0 Å². The zero-order valence-electron chi connectivity index (χ0n) is 15.6. The average molecular weight is 362 g/mol. The van der Waals surface area contributed by atoms with Gasteiger partial charge in [-0.05, 0) is 37.8 Å². The van der Waals surface area contributed by atoms with Crippen LogP contribution in [0.25, 0.3) is 0 Å². The van der Waals surface area contributed by atoms with Crippen LogP contribution in [0, 0.1) is 11.8 Å². The van der Waals surface area contributed by atoms with Gasteiger partial charge < -0.3 is 15.2 Å². The van der Waals surface area contributed by atoms with Crippen molar-refractivity contribution in [1.82, 2.24) is 5.32 Å². The average Bonchev–Trinajstić information content (AvgIpc) is 2.68. The largest absolute Gasteiger partial charge is 0.550 e. The first-order chi connectivity index (χ1) is 13.0. The molecule has 0 spiro atoms. The molecule has 1 amide bonds. The predicted octanol–water partition coefficient (Wildman–Crippen LogP) is 3.00. The molecular formula is C23H24NO3-. The maximum Gasteiger partial charge on any atom is 0.224 e. The van der Waals surface area contributed by atoms with E-state index in [0.29, 0.717) is 12.8 Å². The fraction of sp³-hybridized carbons (Fsp3) is 0.304. The van der Waals surface area contributed by atoms with Crippen molar-refractivity contribution in [3.05, 3.63) is 82.9 Å². The number of hydrogen-bond acceptors (Lipinski definition) is 3. The molecule has 2 aromatic rings. The minimum absolute atomic E-state index is 0.242. The minimum atomic E-state index is -1.15. The standard InChI is InChI=1S/C23H25NO3/c1-15-13-19(20(23(26)27)14-16(15)2)22(25)24-21(17-9-5-3-6-10-17)18-11-7-4-8-12-18/h3-12,19-21H,13-14H2,1-2H3,(H,24,25)(H,26,27)/p-1/t19-,20-/m0/s1. The van der Waals surface area contributed by atoms with Gasteiger partial charge in [0.25, 0.3) is 0 Å². The monoisotopic (exact) mass is 362 g/mol. The van der Waals surface area contributed by atoms with Crippen LogP contribution in [0.2, 0.25) is 0 Å². The minimum Gasteiger partial charge on any atom is -0.550 e. The SMILES string of the molecule is CC1=C(C)C[C@H](C(=O)NC(c2ccccc2)c2ccccc2)[C@@H](C(=O)[O-])C1. The highest BCUT2D eigenvalue weighted by molar-refractivity contribution is 5.85. The molecule has 140 valence electrons. The van der Waals surface area contributed by atoms with Crippen LogP contribution in [0.3, 0.4) is 0 Å². The topological polar surface area (TPSA) is 69.2 Å². The zero-order valence-corrected chi connectivity index (χ0v) is 15.6. The molecule has 0 bridgehead atoms. The molecule has 0 radical (unpaired) electrons. The third kappa shape index (κ3) is 4.27. The van der Waals surface area contributed by atoms with E-state index >= 15 is 0 Å². The molecule has 0 heterocycles. The number of carboxylic acids is 1. The molecular weight excluding hydrogens is 338 g/mol. The quantitative estimate of drug-likeness (QED) is 0.832. The summed E-state index contributed by atoms with van der Waals surface area (Å²) in [6.45, 7) is 3.89. The highest BCUT2D eigenvalue weighted by atomic mass is 16.4. The van der Waals surface area contributed by atoms with Crippen molar-refractivity contribution < 1.29 is 14.7 Å². The maximum atomic E-state index is 13.1. The van der Waals surface area contributed by atoms with E-state index in [1.54, 1.807) is 0 Å². The van der Waals surface area contributed by atoms with Crippen LogP contribution in [0.15, 0.2) is 71.8 Å². The Labute approximate surface area is 159 Å². The number of hydrogen-bond donors (Lipinski definition) is 1. The Balaban J connectivity index is 1.89. The molecule has 1 aliphatic carbocycles. The van der Waals surface area contributed by atoms with Gasteiger partial charge in [0.2, 0.25) is 5.91 Å². The molecule has 4 heteroatoms. The Morgan fingerprint density at radius 1 is 0.852 bits per heavy atom. The van der Waals surface area contributed by atoms with Crippen molar-refractivity contribution in [1.29, 1.82) is 0 Å². The smallest absolute Gasteiger partial charge is 0.224 e. The van der Waals surface area contributed by atoms with Crippen molar-refractivity contribution in [2.24, 2.45) is 11.8 Å². The van der Waals surface area contributed by atoms with E-state index in [1.165, 1.54) is 0 Å². The number of carbonyl (C=O) groups is 2. The van der Waals surface area contributed by atoms with E-state index in [4.69, 9.17) is 0 Å². The number of nitrogens with one attached hydrogen (secondary N) is 1. The predicted molar refractivity (Wildman–Crippen MR) is 102 cm³/mol. The van der Waals surface area contributed by atoms with E-state index in [9.17, 15) is 14.7 Å². The number of carboxylic acid groups (broad SMARTS) is 1. The lowest BCUT2D eigenvalue weighted by atomic mass is 9.76. The van der Waals surface area contributed by atoms with E-state index in [2.05, 4.69) is 5.32 Å². The van der Waals surface area contributed by atoms with Crippen LogP contribution in [-0.4, -0.2) is 11.9 Å². The third-order valence-electron chi connectivity index (χ3n) is 5.46. The molecule has 1 aliphatic rings. The highest BCUT2D eigenvalue weighted by Crippen LogP contribution is 2.35. The van der Waals surface area contributed by atoms with Gasteiger partial charge in [0, 0.05) is 17.8 Å². The Hall–Kier alpha value is -2.88. The first-order valence-electron chi connectivity index (χ1n) is 9.23. The van der Waals surface area contributed by atoms with Gasteiger partial charge in [-0.2, -0.15) is 0 Å². The molecule has 4 nitrogen and oxygen atoms in total. The van der Waals surface area contributed by atoms with E-state index in [-0.39, 0.29) is 11.9 Å². The summed E-state index contributed by atoms with van der Waals surface area (Å²) in [4.78, 5) is 24.7. The van der Waals surface area contributed by atoms with Crippen LogP contribution in [-0.2, 0) is 9.59 Å². The van der Waals surface area contributed by atoms with Gasteiger partial charge in [-0.1, -0.05) is 71.8 Å². The number of carbonyl (C=O) groups excluding carboxylic acids is 2. The number of aliphatic carboxylic acids is 1. The van der Waals surface area contributed by atoms with Crippen LogP contribution < -0.4 is 10.4 Å². The zero-order chi connectivity index (χ0) is 19.4. The summed E-state index contributed by atoms with van der Waals surface area (Å²) in [5.74, 6) is -2.80. The Kier molecular flexibility index (Phi) is 5.75. The van der Waals surface area contributed by atoms with Crippen molar-refractivity contribution in [2.75, 3.05) is 0 Å². The lowest BCUT2D eigenvalue weighted by Crippen LogP contribution is -2.45. The van der Waals surface area contributed by atoms with Crippen molar-refractivity contribution in [3.63, 3.8) is 0 Å². The van der Waals surface area contributed by atoms with Gasteiger partial charge in [-0.25, -0.2) is 0 Å². The van der Waals surface area contributed by atoms with Crippen LogP contribution in [0.4, 0.5) is 0 Å². The molecule has 0 fully saturated rings. The summed E-state index contributed by atoms with van der Waals surface area (Å²) >= 11 is 0. The molecule has 0 saturated heterocycles. The summed E-state index contributed by atoms with van der Waals surface area (Å²) in [5, 5.41) is 14.7. The lowest BCUT2D eigenvalue weighted by molar-refractivity contribution is -0.313. The molecule has 2 atom stereocenters. The fourth-order valence-electron chi connectivity index (χ4n) is 3.72. The third-order valence-corrected chi connectivity index (χ3v) is 5.46. The van der Waals surface area contributed by atoms with Crippen molar-refractivity contribution >= 4 is 11.9 Å². The summed E-state index contributed by atoms with van der Waals surface area (Å²) in [5.41, 5.74) is 4.04. The first-order valence-corrected chi connectivity index (χ1v) is 9.23. The second-order valence-corrected chi connectivity index (χ2v) is 7.26. The van der Waals surface area contributed by atoms with Gasteiger partial charge in [0.15, 0.2) is 0 Å². The van der Waals surface area contributed by atoms with Crippen LogP contribution in [0.1, 0.15) is 43.9 Å². The molecule has 0 aliphatic heterocycles. The maximum absolute atomic E-state index is 13.1. The Morgan fingerprint density at radius 2 is 1.30 bits per heavy atom.